The molecule has 11 heteroatoms. The van der Waals surface area contributed by atoms with Gasteiger partial charge >= 0.3 is 6.18 Å². The summed E-state index contributed by atoms with van der Waals surface area (Å²) in [6, 6.07) is 4.83. The maximum atomic E-state index is 12.8. The Bertz CT molecular complexity index is 738. The summed E-state index contributed by atoms with van der Waals surface area (Å²) in [6.07, 6.45) is -4.62. The molecule has 116 valence electrons. The van der Waals surface area contributed by atoms with Crippen LogP contribution in [0.1, 0.15) is 5.82 Å². The van der Waals surface area contributed by atoms with E-state index >= 15 is 0 Å². The molecule has 5 nitrogen and oxygen atoms in total. The summed E-state index contributed by atoms with van der Waals surface area (Å²) >= 11 is 13.1. The van der Waals surface area contributed by atoms with E-state index in [4.69, 9.17) is 23.2 Å². The first-order valence-electron chi connectivity index (χ1n) is 5.80. The molecule has 0 saturated heterocycles. The molecule has 0 saturated carbocycles. The lowest BCUT2D eigenvalue weighted by atomic mass is 10.3. The molecular formula is C11H6Cl2F3N5S. The number of aliphatic imine (C=N–C) groups is 1. The number of hydrogen-bond donors (Lipinski definition) is 1. The lowest BCUT2D eigenvalue weighted by Crippen LogP contribution is -2.33. The Labute approximate surface area is 136 Å². The first-order valence-corrected chi connectivity index (χ1v) is 7.54. The number of halogens is 5. The van der Waals surface area contributed by atoms with Crippen LogP contribution in [0.2, 0.25) is 10.0 Å². The third-order valence-corrected chi connectivity index (χ3v) is 4.20. The standard InChI is InChI=1S/C11H6Cl2F3N5S/c12-5-2-1-3-6(13)8(5)17-7-4-22-10-19-18-9(11(14,15)16)21(10)20-7/h1-3H,4H2,(H,17,20). The van der Waals surface area contributed by atoms with Crippen LogP contribution in [-0.2, 0) is 6.18 Å². The van der Waals surface area contributed by atoms with Crippen molar-refractivity contribution in [2.45, 2.75) is 11.3 Å². The minimum Gasteiger partial charge on any atom is -0.276 e. The van der Waals surface area contributed by atoms with E-state index in [0.29, 0.717) is 15.7 Å². The quantitative estimate of drug-likeness (QED) is 0.827. The van der Waals surface area contributed by atoms with Crippen LogP contribution >= 0.6 is 35.0 Å². The lowest BCUT2D eigenvalue weighted by Gasteiger charge is -2.19. The number of benzene rings is 1. The smallest absolute Gasteiger partial charge is 0.276 e. The zero-order valence-electron chi connectivity index (χ0n) is 10.5. The summed E-state index contributed by atoms with van der Waals surface area (Å²) in [4.78, 5) is 4.20. The van der Waals surface area contributed by atoms with Crippen molar-refractivity contribution >= 4 is 46.5 Å². The molecule has 3 rings (SSSR count). The van der Waals surface area contributed by atoms with Crippen molar-refractivity contribution in [2.75, 3.05) is 11.2 Å². The van der Waals surface area contributed by atoms with Crippen molar-refractivity contribution in [3.05, 3.63) is 34.1 Å². The van der Waals surface area contributed by atoms with Crippen LogP contribution in [0, 0.1) is 0 Å². The first-order chi connectivity index (χ1) is 10.4. The molecule has 1 aliphatic heterocycles. The van der Waals surface area contributed by atoms with E-state index in [2.05, 4.69) is 20.6 Å². The predicted octanol–water partition coefficient (Wildman–Crippen LogP) is 3.98. The maximum absolute atomic E-state index is 12.8. The van der Waals surface area contributed by atoms with Gasteiger partial charge in [0.15, 0.2) is 0 Å². The zero-order chi connectivity index (χ0) is 15.9. The van der Waals surface area contributed by atoms with Gasteiger partial charge in [-0.25, -0.2) is 9.67 Å². The number of nitrogens with zero attached hydrogens (tertiary/aromatic N) is 4. The minimum absolute atomic E-state index is 0.108. The molecule has 0 fully saturated rings. The Morgan fingerprint density at radius 1 is 1.23 bits per heavy atom. The number of alkyl halides is 3. The van der Waals surface area contributed by atoms with Crippen molar-refractivity contribution in [2.24, 2.45) is 4.99 Å². The highest BCUT2D eigenvalue weighted by molar-refractivity contribution is 7.99. The normalized spacial score (nSPS) is 16.5. The average Bonchev–Trinajstić information content (AvgIpc) is 2.86. The summed E-state index contributed by atoms with van der Waals surface area (Å²) in [5, 5.41) is 7.34. The van der Waals surface area contributed by atoms with Crippen LogP contribution in [0.3, 0.4) is 0 Å². The molecule has 0 amide bonds. The summed E-state index contributed by atoms with van der Waals surface area (Å²) in [6.45, 7) is 0. The van der Waals surface area contributed by atoms with Gasteiger partial charge in [-0.2, -0.15) is 13.2 Å². The number of para-hydroxylation sites is 1. The molecule has 2 aromatic rings. The van der Waals surface area contributed by atoms with Gasteiger partial charge in [-0.3, -0.25) is 5.43 Å². The predicted molar refractivity (Wildman–Crippen MR) is 78.7 cm³/mol. The van der Waals surface area contributed by atoms with Crippen molar-refractivity contribution in [1.29, 1.82) is 0 Å². The van der Waals surface area contributed by atoms with E-state index in [1.54, 1.807) is 18.2 Å². The second-order valence-corrected chi connectivity index (χ2v) is 5.93. The van der Waals surface area contributed by atoms with E-state index in [1.807, 2.05) is 0 Å². The van der Waals surface area contributed by atoms with Crippen molar-refractivity contribution in [3.8, 4) is 0 Å². The maximum Gasteiger partial charge on any atom is 0.453 e. The van der Waals surface area contributed by atoms with Crippen LogP contribution in [0.15, 0.2) is 28.3 Å². The minimum atomic E-state index is -4.62. The Morgan fingerprint density at radius 3 is 2.55 bits per heavy atom. The number of nitrogens with one attached hydrogen (secondary N) is 1. The molecule has 0 bridgehead atoms. The highest BCUT2D eigenvalue weighted by atomic mass is 35.5. The molecule has 1 N–H and O–H groups in total. The summed E-state index contributed by atoms with van der Waals surface area (Å²) in [7, 11) is 0. The van der Waals surface area contributed by atoms with Gasteiger partial charge in [-0.1, -0.05) is 41.0 Å². The molecule has 0 radical (unpaired) electrons. The molecular weight excluding hydrogens is 362 g/mol. The number of rotatable bonds is 1. The largest absolute Gasteiger partial charge is 0.453 e. The number of fused-ring (bicyclic) bond motifs is 1. The fourth-order valence-electron chi connectivity index (χ4n) is 1.73. The first kappa shape index (κ1) is 15.4. The van der Waals surface area contributed by atoms with Crippen molar-refractivity contribution in [3.63, 3.8) is 0 Å². The van der Waals surface area contributed by atoms with E-state index < -0.39 is 12.0 Å². The fourth-order valence-corrected chi connectivity index (χ4v) is 2.97. The molecule has 22 heavy (non-hydrogen) atoms. The Morgan fingerprint density at radius 2 is 1.91 bits per heavy atom. The molecule has 0 aliphatic carbocycles. The number of aromatic nitrogens is 3. The molecule has 0 spiro atoms. The van der Waals surface area contributed by atoms with E-state index in [9.17, 15) is 13.2 Å². The topological polar surface area (TPSA) is 55.1 Å². The van der Waals surface area contributed by atoms with Gasteiger partial charge in [-0.15, -0.1) is 10.2 Å². The molecule has 2 heterocycles. The van der Waals surface area contributed by atoms with Gasteiger partial charge in [0.2, 0.25) is 5.16 Å². The Hall–Kier alpha value is -1.45. The Balaban J connectivity index is 1.98. The van der Waals surface area contributed by atoms with E-state index in [0.717, 1.165) is 16.4 Å². The van der Waals surface area contributed by atoms with Crippen molar-refractivity contribution < 1.29 is 13.2 Å². The third-order valence-electron chi connectivity index (χ3n) is 2.65. The summed E-state index contributed by atoms with van der Waals surface area (Å²) < 4.78 is 39.3. The number of amidine groups is 1. The van der Waals surface area contributed by atoms with Gasteiger partial charge in [0, 0.05) is 0 Å². The molecule has 0 unspecified atom stereocenters. The number of hydrogen-bond acceptors (Lipinski definition) is 4. The van der Waals surface area contributed by atoms with Gasteiger partial charge in [0.1, 0.15) is 11.5 Å². The molecule has 1 aromatic heterocycles. The van der Waals surface area contributed by atoms with E-state index in [-0.39, 0.29) is 16.7 Å². The average molecular weight is 368 g/mol. The summed E-state index contributed by atoms with van der Waals surface area (Å²) in [5.74, 6) is -0.595. The Kier molecular flexibility index (Phi) is 3.96. The van der Waals surface area contributed by atoms with Crippen LogP contribution in [0.5, 0.6) is 0 Å². The van der Waals surface area contributed by atoms with Gasteiger partial charge in [0.25, 0.3) is 5.82 Å². The van der Waals surface area contributed by atoms with Crippen LogP contribution < -0.4 is 5.43 Å². The van der Waals surface area contributed by atoms with Crippen LogP contribution in [0.25, 0.3) is 0 Å². The van der Waals surface area contributed by atoms with Gasteiger partial charge in [0.05, 0.1) is 15.8 Å². The monoisotopic (exact) mass is 367 g/mol. The second kappa shape index (κ2) is 5.64. The zero-order valence-corrected chi connectivity index (χ0v) is 12.9. The third kappa shape index (κ3) is 2.88. The van der Waals surface area contributed by atoms with E-state index in [1.165, 1.54) is 0 Å². The highest BCUT2D eigenvalue weighted by Gasteiger charge is 2.40. The SMILES string of the molecule is FC(F)(F)c1nnc2n1NC(=Nc1c(Cl)cccc1Cl)CS2. The molecule has 1 aromatic carbocycles. The second-order valence-electron chi connectivity index (χ2n) is 4.17. The highest BCUT2D eigenvalue weighted by Crippen LogP contribution is 2.35. The van der Waals surface area contributed by atoms with Crippen LogP contribution in [-0.4, -0.2) is 26.5 Å². The fraction of sp³-hybridized carbons (Fsp3) is 0.182. The molecule has 1 aliphatic rings. The van der Waals surface area contributed by atoms with Crippen molar-refractivity contribution in [1.82, 2.24) is 14.9 Å². The van der Waals surface area contributed by atoms with Gasteiger partial charge in [-0.05, 0) is 12.1 Å². The lowest BCUT2D eigenvalue weighted by molar-refractivity contribution is -0.146. The molecule has 0 atom stereocenters. The van der Waals surface area contributed by atoms with Crippen LogP contribution in [0.4, 0.5) is 18.9 Å². The number of thioether (sulfide) groups is 1. The summed E-state index contributed by atoms with van der Waals surface area (Å²) in [5.41, 5.74) is 2.83. The van der Waals surface area contributed by atoms with Gasteiger partial charge < -0.3 is 0 Å².